The van der Waals surface area contributed by atoms with Gasteiger partial charge in [0, 0.05) is 13.1 Å². The quantitative estimate of drug-likeness (QED) is 0.910. The Labute approximate surface area is 131 Å². The summed E-state index contributed by atoms with van der Waals surface area (Å²) in [6, 6.07) is 5.32. The molecule has 2 heterocycles. The Bertz CT molecular complexity index is 532. The Kier molecular flexibility index (Phi) is 4.77. The number of hydrogen-bond acceptors (Lipinski definition) is 2. The SMILES string of the molecule is CC1CCN(C(=O)c2cccc(C3CCNCC3)c2F)CC1. The number of amides is 1. The molecular formula is C18H25FN2O. The van der Waals surface area contributed by atoms with Crippen molar-refractivity contribution >= 4 is 5.91 Å². The fourth-order valence-corrected chi connectivity index (χ4v) is 3.55. The predicted octanol–water partition coefficient (Wildman–Crippen LogP) is 3.16. The van der Waals surface area contributed by atoms with E-state index in [0.717, 1.165) is 57.4 Å². The summed E-state index contributed by atoms with van der Waals surface area (Å²) >= 11 is 0. The number of carbonyl (C=O) groups is 1. The number of benzene rings is 1. The highest BCUT2D eigenvalue weighted by Gasteiger charge is 2.26. The van der Waals surface area contributed by atoms with Crippen LogP contribution in [0.4, 0.5) is 4.39 Å². The highest BCUT2D eigenvalue weighted by Crippen LogP contribution is 2.29. The highest BCUT2D eigenvalue weighted by molar-refractivity contribution is 5.94. The predicted molar refractivity (Wildman–Crippen MR) is 85.5 cm³/mol. The lowest BCUT2D eigenvalue weighted by Crippen LogP contribution is -2.38. The maximum absolute atomic E-state index is 14.9. The van der Waals surface area contributed by atoms with E-state index in [0.29, 0.717) is 5.92 Å². The standard InChI is InChI=1S/C18H25FN2O/c1-13-7-11-21(12-8-13)18(22)16-4-2-3-15(17(16)19)14-5-9-20-10-6-14/h2-4,13-14,20H,5-12H2,1H3. The normalized spacial score (nSPS) is 21.1. The fraction of sp³-hybridized carbons (Fsp3) is 0.611. The van der Waals surface area contributed by atoms with Crippen molar-refractivity contribution in [3.63, 3.8) is 0 Å². The lowest BCUT2D eigenvalue weighted by Gasteiger charge is -2.31. The second kappa shape index (κ2) is 6.78. The van der Waals surface area contributed by atoms with Gasteiger partial charge in [0.25, 0.3) is 5.91 Å². The number of rotatable bonds is 2. The van der Waals surface area contributed by atoms with Gasteiger partial charge in [0.1, 0.15) is 5.82 Å². The molecule has 1 amide bonds. The average Bonchev–Trinajstić information content (AvgIpc) is 2.56. The van der Waals surface area contributed by atoms with E-state index in [1.807, 2.05) is 17.0 Å². The number of carbonyl (C=O) groups excluding carboxylic acids is 1. The van der Waals surface area contributed by atoms with Gasteiger partial charge in [-0.25, -0.2) is 4.39 Å². The van der Waals surface area contributed by atoms with Crippen LogP contribution in [-0.4, -0.2) is 37.0 Å². The second-order valence-electron chi connectivity index (χ2n) is 6.71. The molecule has 0 saturated carbocycles. The molecule has 1 N–H and O–H groups in total. The lowest BCUT2D eigenvalue weighted by molar-refractivity contribution is 0.0692. The van der Waals surface area contributed by atoms with Crippen molar-refractivity contribution < 1.29 is 9.18 Å². The van der Waals surface area contributed by atoms with Crippen LogP contribution in [0, 0.1) is 11.7 Å². The number of likely N-dealkylation sites (tertiary alicyclic amines) is 1. The van der Waals surface area contributed by atoms with Gasteiger partial charge in [-0.2, -0.15) is 0 Å². The van der Waals surface area contributed by atoms with Gasteiger partial charge in [-0.1, -0.05) is 19.1 Å². The van der Waals surface area contributed by atoms with Gasteiger partial charge in [-0.05, 0) is 62.2 Å². The summed E-state index contributed by atoms with van der Waals surface area (Å²) in [6.07, 6.45) is 3.91. The maximum Gasteiger partial charge on any atom is 0.256 e. The van der Waals surface area contributed by atoms with Crippen molar-refractivity contribution in [3.05, 3.63) is 35.1 Å². The van der Waals surface area contributed by atoms with E-state index in [1.54, 1.807) is 6.07 Å². The summed E-state index contributed by atoms with van der Waals surface area (Å²) in [5.41, 5.74) is 0.975. The van der Waals surface area contributed by atoms with Gasteiger partial charge in [0.2, 0.25) is 0 Å². The van der Waals surface area contributed by atoms with Crippen LogP contribution in [0.1, 0.15) is 54.4 Å². The number of nitrogens with one attached hydrogen (secondary N) is 1. The molecule has 4 heteroatoms. The molecule has 3 rings (SSSR count). The molecule has 2 saturated heterocycles. The van der Waals surface area contributed by atoms with Crippen LogP contribution in [0.2, 0.25) is 0 Å². The molecular weight excluding hydrogens is 279 g/mol. The van der Waals surface area contributed by atoms with E-state index < -0.39 is 0 Å². The smallest absolute Gasteiger partial charge is 0.256 e. The Morgan fingerprint density at radius 2 is 1.86 bits per heavy atom. The van der Waals surface area contributed by atoms with Crippen molar-refractivity contribution in [1.82, 2.24) is 10.2 Å². The summed E-state index contributed by atoms with van der Waals surface area (Å²) in [7, 11) is 0. The van der Waals surface area contributed by atoms with E-state index in [1.165, 1.54) is 0 Å². The molecule has 0 unspecified atom stereocenters. The topological polar surface area (TPSA) is 32.3 Å². The molecule has 2 aliphatic rings. The zero-order valence-corrected chi connectivity index (χ0v) is 13.3. The van der Waals surface area contributed by atoms with Gasteiger partial charge in [-0.15, -0.1) is 0 Å². The number of halogens is 1. The first-order valence-corrected chi connectivity index (χ1v) is 8.45. The van der Waals surface area contributed by atoms with Gasteiger partial charge < -0.3 is 10.2 Å². The van der Waals surface area contributed by atoms with E-state index >= 15 is 0 Å². The summed E-state index contributed by atoms with van der Waals surface area (Å²) in [4.78, 5) is 14.4. The summed E-state index contributed by atoms with van der Waals surface area (Å²) in [6.45, 7) is 5.55. The molecule has 1 aromatic rings. The molecule has 1 aromatic carbocycles. The summed E-state index contributed by atoms with van der Waals surface area (Å²) in [5.74, 6) is 0.462. The van der Waals surface area contributed by atoms with Crippen molar-refractivity contribution in [3.8, 4) is 0 Å². The molecule has 2 aliphatic heterocycles. The van der Waals surface area contributed by atoms with Gasteiger partial charge in [-0.3, -0.25) is 4.79 Å². The minimum absolute atomic E-state index is 0.139. The Hall–Kier alpha value is -1.42. The third kappa shape index (κ3) is 3.17. The van der Waals surface area contributed by atoms with Crippen molar-refractivity contribution in [2.75, 3.05) is 26.2 Å². The van der Waals surface area contributed by atoms with Crippen LogP contribution in [0.5, 0.6) is 0 Å². The molecule has 0 bridgehead atoms. The first kappa shape index (κ1) is 15.5. The molecule has 0 aromatic heterocycles. The molecule has 0 radical (unpaired) electrons. The van der Waals surface area contributed by atoms with E-state index in [2.05, 4.69) is 12.2 Å². The molecule has 0 spiro atoms. The van der Waals surface area contributed by atoms with E-state index in [4.69, 9.17) is 0 Å². The molecule has 22 heavy (non-hydrogen) atoms. The Morgan fingerprint density at radius 3 is 2.55 bits per heavy atom. The van der Waals surface area contributed by atoms with Gasteiger partial charge in [0.15, 0.2) is 0 Å². The lowest BCUT2D eigenvalue weighted by atomic mass is 9.88. The van der Waals surface area contributed by atoms with E-state index in [9.17, 15) is 9.18 Å². The minimum Gasteiger partial charge on any atom is -0.339 e. The van der Waals surface area contributed by atoms with Gasteiger partial charge in [0.05, 0.1) is 5.56 Å². The van der Waals surface area contributed by atoms with Crippen LogP contribution in [0.3, 0.4) is 0 Å². The first-order valence-electron chi connectivity index (χ1n) is 8.45. The van der Waals surface area contributed by atoms with Crippen molar-refractivity contribution in [2.45, 2.75) is 38.5 Å². The van der Waals surface area contributed by atoms with E-state index in [-0.39, 0.29) is 23.2 Å². The Balaban J connectivity index is 1.80. The number of nitrogens with zero attached hydrogens (tertiary/aromatic N) is 1. The van der Waals surface area contributed by atoms with Crippen LogP contribution in [0.15, 0.2) is 18.2 Å². The average molecular weight is 304 g/mol. The van der Waals surface area contributed by atoms with Crippen molar-refractivity contribution in [1.29, 1.82) is 0 Å². The molecule has 0 atom stereocenters. The largest absolute Gasteiger partial charge is 0.339 e. The zero-order valence-electron chi connectivity index (χ0n) is 13.3. The maximum atomic E-state index is 14.9. The molecule has 3 nitrogen and oxygen atoms in total. The number of piperidine rings is 2. The van der Waals surface area contributed by atoms with Gasteiger partial charge >= 0.3 is 0 Å². The monoisotopic (exact) mass is 304 g/mol. The molecule has 0 aliphatic carbocycles. The third-order valence-electron chi connectivity index (χ3n) is 5.11. The van der Waals surface area contributed by atoms with Crippen molar-refractivity contribution in [2.24, 2.45) is 5.92 Å². The van der Waals surface area contributed by atoms with Crippen LogP contribution >= 0.6 is 0 Å². The van der Waals surface area contributed by atoms with Crippen LogP contribution in [-0.2, 0) is 0 Å². The zero-order chi connectivity index (χ0) is 15.5. The highest BCUT2D eigenvalue weighted by atomic mass is 19.1. The number of hydrogen-bond donors (Lipinski definition) is 1. The molecule has 2 fully saturated rings. The molecule has 120 valence electrons. The second-order valence-corrected chi connectivity index (χ2v) is 6.71. The Morgan fingerprint density at radius 1 is 1.18 bits per heavy atom. The summed E-state index contributed by atoms with van der Waals surface area (Å²) < 4.78 is 14.9. The third-order valence-corrected chi connectivity index (χ3v) is 5.11. The van der Waals surface area contributed by atoms with Crippen LogP contribution < -0.4 is 5.32 Å². The summed E-state index contributed by atoms with van der Waals surface area (Å²) in [5, 5.41) is 3.30. The fourth-order valence-electron chi connectivity index (χ4n) is 3.55. The van der Waals surface area contributed by atoms with Crippen LogP contribution in [0.25, 0.3) is 0 Å². The first-order chi connectivity index (χ1) is 10.7. The minimum atomic E-state index is -0.293.